The van der Waals surface area contributed by atoms with E-state index in [1.54, 1.807) is 31.2 Å². The standard InChI is InChI=1S/C19H17N3O3S2/c1-14(12-15-8-4-2-5-9-15)18(23)20-19-22-21-17(26-19)13-27(24,25)16-10-6-3-7-11-16/h2-12H,13H2,1H3,(H,20,22,23)/b14-12+. The third-order valence-electron chi connectivity index (χ3n) is 3.64. The minimum atomic E-state index is -3.50. The number of nitrogens with one attached hydrogen (secondary N) is 1. The summed E-state index contributed by atoms with van der Waals surface area (Å²) in [7, 11) is -3.50. The molecule has 1 heterocycles. The number of hydrogen-bond donors (Lipinski definition) is 1. The maximum Gasteiger partial charge on any atom is 0.253 e. The molecule has 0 unspecified atom stereocenters. The second kappa shape index (κ2) is 8.24. The normalized spacial score (nSPS) is 12.0. The van der Waals surface area contributed by atoms with Crippen LogP contribution < -0.4 is 5.32 Å². The van der Waals surface area contributed by atoms with Crippen molar-refractivity contribution in [3.05, 3.63) is 76.8 Å². The molecule has 0 spiro atoms. The first-order chi connectivity index (χ1) is 12.9. The van der Waals surface area contributed by atoms with E-state index >= 15 is 0 Å². The number of anilines is 1. The second-order valence-corrected chi connectivity index (χ2v) is 8.82. The molecule has 0 aliphatic heterocycles. The molecule has 0 aliphatic rings. The molecule has 27 heavy (non-hydrogen) atoms. The van der Waals surface area contributed by atoms with Crippen molar-refractivity contribution in [2.75, 3.05) is 5.32 Å². The highest BCUT2D eigenvalue weighted by Gasteiger charge is 2.18. The van der Waals surface area contributed by atoms with Crippen LogP contribution in [0.5, 0.6) is 0 Å². The van der Waals surface area contributed by atoms with Gasteiger partial charge in [-0.05, 0) is 30.7 Å². The number of carbonyl (C=O) groups excluding carboxylic acids is 1. The Morgan fingerprint density at radius 2 is 1.67 bits per heavy atom. The molecule has 0 aliphatic carbocycles. The summed E-state index contributed by atoms with van der Waals surface area (Å²) >= 11 is 1.05. The van der Waals surface area contributed by atoms with Crippen molar-refractivity contribution < 1.29 is 13.2 Å². The van der Waals surface area contributed by atoms with Gasteiger partial charge >= 0.3 is 0 Å². The van der Waals surface area contributed by atoms with E-state index in [2.05, 4.69) is 15.5 Å². The summed E-state index contributed by atoms with van der Waals surface area (Å²) in [5.41, 5.74) is 1.42. The molecule has 138 valence electrons. The molecule has 1 aromatic heterocycles. The van der Waals surface area contributed by atoms with Gasteiger partial charge in [0.1, 0.15) is 10.8 Å². The lowest BCUT2D eigenvalue weighted by molar-refractivity contribution is -0.112. The monoisotopic (exact) mass is 399 g/mol. The van der Waals surface area contributed by atoms with Crippen LogP contribution >= 0.6 is 11.3 Å². The molecular weight excluding hydrogens is 382 g/mol. The summed E-state index contributed by atoms with van der Waals surface area (Å²) < 4.78 is 24.8. The molecule has 3 rings (SSSR count). The number of hydrogen-bond acceptors (Lipinski definition) is 6. The largest absolute Gasteiger partial charge is 0.297 e. The number of amides is 1. The van der Waals surface area contributed by atoms with Crippen molar-refractivity contribution in [2.24, 2.45) is 0 Å². The molecule has 8 heteroatoms. The third kappa shape index (κ3) is 5.08. The van der Waals surface area contributed by atoms with E-state index in [0.717, 1.165) is 16.9 Å². The first kappa shape index (κ1) is 18.9. The van der Waals surface area contributed by atoms with Crippen molar-refractivity contribution in [1.29, 1.82) is 0 Å². The van der Waals surface area contributed by atoms with Crippen LogP contribution in [0, 0.1) is 0 Å². The minimum absolute atomic E-state index is 0.229. The van der Waals surface area contributed by atoms with E-state index in [0.29, 0.717) is 10.6 Å². The van der Waals surface area contributed by atoms with Crippen LogP contribution in [-0.4, -0.2) is 24.5 Å². The highest BCUT2D eigenvalue weighted by molar-refractivity contribution is 7.90. The fraction of sp³-hybridized carbons (Fsp3) is 0.105. The maximum absolute atomic E-state index is 12.4. The fourth-order valence-corrected chi connectivity index (χ4v) is 4.65. The lowest BCUT2D eigenvalue weighted by Crippen LogP contribution is -2.12. The van der Waals surface area contributed by atoms with Gasteiger partial charge in [0.05, 0.1) is 4.90 Å². The van der Waals surface area contributed by atoms with Crippen LogP contribution in [0.25, 0.3) is 6.08 Å². The average Bonchev–Trinajstić information content (AvgIpc) is 3.09. The Labute approximate surface area is 161 Å². The first-order valence-corrected chi connectivity index (χ1v) is 10.6. The molecule has 2 aromatic carbocycles. The Balaban J connectivity index is 1.67. The molecule has 0 bridgehead atoms. The smallest absolute Gasteiger partial charge is 0.253 e. The van der Waals surface area contributed by atoms with Crippen molar-refractivity contribution >= 4 is 38.3 Å². The van der Waals surface area contributed by atoms with Crippen LogP contribution in [0.2, 0.25) is 0 Å². The van der Waals surface area contributed by atoms with Crippen LogP contribution in [-0.2, 0) is 20.4 Å². The zero-order chi connectivity index (χ0) is 19.3. The van der Waals surface area contributed by atoms with E-state index in [1.165, 1.54) is 12.1 Å². The number of nitrogens with zero attached hydrogens (tertiary/aromatic N) is 2. The predicted molar refractivity (Wildman–Crippen MR) is 106 cm³/mol. The van der Waals surface area contributed by atoms with Crippen LogP contribution in [0.4, 0.5) is 5.13 Å². The Morgan fingerprint density at radius 1 is 1.04 bits per heavy atom. The van der Waals surface area contributed by atoms with Gasteiger partial charge in [0, 0.05) is 5.57 Å². The van der Waals surface area contributed by atoms with Gasteiger partial charge in [-0.2, -0.15) is 0 Å². The third-order valence-corrected chi connectivity index (χ3v) is 6.31. The van der Waals surface area contributed by atoms with Crippen molar-refractivity contribution in [3.8, 4) is 0 Å². The summed E-state index contributed by atoms with van der Waals surface area (Å²) in [6.07, 6.45) is 1.76. The van der Waals surface area contributed by atoms with Crippen molar-refractivity contribution in [2.45, 2.75) is 17.6 Å². The topological polar surface area (TPSA) is 89.0 Å². The van der Waals surface area contributed by atoms with Gasteiger partial charge in [0.2, 0.25) is 5.13 Å². The predicted octanol–water partition coefficient (Wildman–Crippen LogP) is 3.55. The van der Waals surface area contributed by atoms with Gasteiger partial charge < -0.3 is 0 Å². The Morgan fingerprint density at radius 3 is 2.33 bits per heavy atom. The quantitative estimate of drug-likeness (QED) is 0.640. The van der Waals surface area contributed by atoms with Crippen molar-refractivity contribution in [1.82, 2.24) is 10.2 Å². The van der Waals surface area contributed by atoms with E-state index in [4.69, 9.17) is 0 Å². The number of carbonyl (C=O) groups is 1. The highest BCUT2D eigenvalue weighted by atomic mass is 32.2. The Kier molecular flexibility index (Phi) is 5.78. The van der Waals surface area contributed by atoms with E-state index in [-0.39, 0.29) is 21.7 Å². The van der Waals surface area contributed by atoms with Crippen LogP contribution in [0.3, 0.4) is 0 Å². The molecule has 6 nitrogen and oxygen atoms in total. The van der Waals surface area contributed by atoms with Gasteiger partial charge in [-0.25, -0.2) is 8.42 Å². The number of benzene rings is 2. The SMILES string of the molecule is C/C(=C\c1ccccc1)C(=O)Nc1nnc(CS(=O)(=O)c2ccccc2)s1. The molecular formula is C19H17N3O3S2. The molecule has 0 saturated heterocycles. The van der Waals surface area contributed by atoms with Gasteiger partial charge in [-0.1, -0.05) is 59.9 Å². The lowest BCUT2D eigenvalue weighted by atomic mass is 10.1. The molecule has 3 aromatic rings. The molecule has 1 N–H and O–H groups in total. The minimum Gasteiger partial charge on any atom is -0.297 e. The molecule has 1 amide bonds. The maximum atomic E-state index is 12.4. The second-order valence-electron chi connectivity index (χ2n) is 5.77. The Hall–Kier alpha value is -2.84. The van der Waals surface area contributed by atoms with E-state index in [1.807, 2.05) is 30.3 Å². The first-order valence-electron chi connectivity index (χ1n) is 8.09. The van der Waals surface area contributed by atoms with Gasteiger partial charge in [-0.15, -0.1) is 10.2 Å². The lowest BCUT2D eigenvalue weighted by Gasteiger charge is -2.02. The summed E-state index contributed by atoms with van der Waals surface area (Å²) in [5, 5.41) is 11.0. The number of sulfone groups is 1. The van der Waals surface area contributed by atoms with Crippen molar-refractivity contribution in [3.63, 3.8) is 0 Å². The zero-order valence-corrected chi connectivity index (χ0v) is 16.1. The van der Waals surface area contributed by atoms with Crippen LogP contribution in [0.1, 0.15) is 17.5 Å². The van der Waals surface area contributed by atoms with Gasteiger partial charge in [0.25, 0.3) is 5.91 Å². The van der Waals surface area contributed by atoms with Gasteiger partial charge in [0.15, 0.2) is 9.84 Å². The number of aromatic nitrogens is 2. The summed E-state index contributed by atoms with van der Waals surface area (Å²) in [6.45, 7) is 1.70. The summed E-state index contributed by atoms with van der Waals surface area (Å²) in [6, 6.07) is 17.6. The van der Waals surface area contributed by atoms with E-state index < -0.39 is 9.84 Å². The Bertz CT molecular complexity index is 1060. The fourth-order valence-electron chi connectivity index (χ4n) is 2.30. The van der Waals surface area contributed by atoms with Gasteiger partial charge in [-0.3, -0.25) is 10.1 Å². The molecule has 0 atom stereocenters. The average molecular weight is 399 g/mol. The zero-order valence-electron chi connectivity index (χ0n) is 14.5. The molecule has 0 fully saturated rings. The van der Waals surface area contributed by atoms with Crippen LogP contribution in [0.15, 0.2) is 71.1 Å². The summed E-state index contributed by atoms with van der Waals surface area (Å²) in [5.74, 6) is -0.573. The molecule has 0 saturated carbocycles. The molecule has 0 radical (unpaired) electrons. The summed E-state index contributed by atoms with van der Waals surface area (Å²) in [4.78, 5) is 12.5. The highest BCUT2D eigenvalue weighted by Crippen LogP contribution is 2.22. The van der Waals surface area contributed by atoms with E-state index in [9.17, 15) is 13.2 Å². The number of rotatable bonds is 6.